The van der Waals surface area contributed by atoms with Crippen LogP contribution in [0.4, 0.5) is 5.69 Å². The molecule has 0 amide bonds. The van der Waals surface area contributed by atoms with Crippen LogP contribution in [0.15, 0.2) is 42.5 Å². The van der Waals surface area contributed by atoms with Gasteiger partial charge in [0.15, 0.2) is 5.75 Å². The second-order valence-corrected chi connectivity index (χ2v) is 8.68. The molecule has 2 aromatic carbocycles. The zero-order valence-corrected chi connectivity index (χ0v) is 18.8. The van der Waals surface area contributed by atoms with Crippen LogP contribution >= 0.6 is 0 Å². The van der Waals surface area contributed by atoms with Gasteiger partial charge in [0.1, 0.15) is 5.75 Å². The second-order valence-electron chi connectivity index (χ2n) is 8.68. The normalized spacial score (nSPS) is 12.5. The molecule has 0 aliphatic rings. The van der Waals surface area contributed by atoms with Crippen LogP contribution in [0.1, 0.15) is 51.8 Å². The number of hydrogen-bond acceptors (Lipinski definition) is 6. The molecule has 1 atom stereocenters. The van der Waals surface area contributed by atoms with E-state index >= 15 is 0 Å². The number of esters is 1. The van der Waals surface area contributed by atoms with Gasteiger partial charge in [0, 0.05) is 18.6 Å². The van der Waals surface area contributed by atoms with Crippen molar-refractivity contribution in [1.29, 1.82) is 0 Å². The molecule has 30 heavy (non-hydrogen) atoms. The van der Waals surface area contributed by atoms with Crippen LogP contribution in [-0.4, -0.2) is 30.3 Å². The summed E-state index contributed by atoms with van der Waals surface area (Å²) in [4.78, 5) is 12.1. The molecular weight excluding hydrogens is 380 g/mol. The fourth-order valence-electron chi connectivity index (χ4n) is 2.67. The number of rotatable bonds is 9. The van der Waals surface area contributed by atoms with Gasteiger partial charge in [0.25, 0.3) is 0 Å². The molecule has 3 N–H and O–H groups in total. The summed E-state index contributed by atoms with van der Waals surface area (Å²) in [5.41, 5.74) is 2.36. The summed E-state index contributed by atoms with van der Waals surface area (Å²) in [7, 11) is 1.63. The number of ether oxygens (including phenoxy) is 2. The fraction of sp³-hybridized carbons (Fsp3) is 0.458. The number of methoxy groups -OCH3 is 1. The van der Waals surface area contributed by atoms with Crippen molar-refractivity contribution in [3.8, 4) is 11.5 Å². The highest BCUT2D eigenvalue weighted by Gasteiger charge is 2.17. The third-order valence-corrected chi connectivity index (χ3v) is 4.54. The summed E-state index contributed by atoms with van der Waals surface area (Å²) < 4.78 is 10.8. The second kappa shape index (κ2) is 10.5. The molecule has 0 heterocycles. The lowest BCUT2D eigenvalue weighted by molar-refractivity contribution is -0.137. The van der Waals surface area contributed by atoms with Gasteiger partial charge in [0.05, 0.1) is 24.8 Å². The molecule has 0 fully saturated rings. The molecule has 0 aliphatic carbocycles. The molecule has 164 valence electrons. The Kier molecular flexibility index (Phi) is 8.26. The summed E-state index contributed by atoms with van der Waals surface area (Å²) >= 11 is 0. The molecule has 2 rings (SSSR count). The Balaban J connectivity index is 2.21. The molecule has 0 bridgehead atoms. The van der Waals surface area contributed by atoms with Crippen molar-refractivity contribution in [2.45, 2.75) is 52.8 Å². The molecule has 6 heteroatoms. The molecular formula is C24H34N2O4. The van der Waals surface area contributed by atoms with Gasteiger partial charge in [-0.1, -0.05) is 32.0 Å². The van der Waals surface area contributed by atoms with E-state index in [1.165, 1.54) is 0 Å². The van der Waals surface area contributed by atoms with Gasteiger partial charge in [0.2, 0.25) is 0 Å². The monoisotopic (exact) mass is 414 g/mol. The molecule has 0 saturated carbocycles. The molecule has 0 aliphatic heterocycles. The van der Waals surface area contributed by atoms with Crippen LogP contribution in [0.5, 0.6) is 11.5 Å². The minimum Gasteiger partial charge on any atom is -0.497 e. The van der Waals surface area contributed by atoms with Crippen molar-refractivity contribution >= 4 is 11.7 Å². The lowest BCUT2D eigenvalue weighted by Crippen LogP contribution is -2.38. The minimum absolute atomic E-state index is 0.0941. The summed E-state index contributed by atoms with van der Waals surface area (Å²) in [6, 6.07) is 13.1. The number of nitrogens with one attached hydrogen (secondary N) is 2. The highest BCUT2D eigenvalue weighted by atomic mass is 16.5. The Hall–Kier alpha value is -2.57. The Morgan fingerprint density at radius 1 is 1.10 bits per heavy atom. The van der Waals surface area contributed by atoms with Gasteiger partial charge >= 0.3 is 5.97 Å². The Labute approximate surface area is 179 Å². The van der Waals surface area contributed by atoms with Crippen LogP contribution in [0.3, 0.4) is 0 Å². The zero-order valence-electron chi connectivity index (χ0n) is 18.8. The van der Waals surface area contributed by atoms with Crippen LogP contribution in [-0.2, 0) is 11.3 Å². The van der Waals surface area contributed by atoms with Crippen molar-refractivity contribution in [3.05, 3.63) is 53.6 Å². The van der Waals surface area contributed by atoms with Crippen LogP contribution < -0.4 is 20.1 Å². The number of aliphatic hydroxyl groups is 1. The number of benzene rings is 2. The van der Waals surface area contributed by atoms with Crippen molar-refractivity contribution < 1.29 is 19.4 Å². The molecule has 0 spiro atoms. The first-order valence-electron chi connectivity index (χ1n) is 10.2. The minimum atomic E-state index is -0.680. The topological polar surface area (TPSA) is 79.8 Å². The van der Waals surface area contributed by atoms with Gasteiger partial charge < -0.3 is 25.2 Å². The summed E-state index contributed by atoms with van der Waals surface area (Å²) in [6.07, 6.45) is -0.680. The van der Waals surface area contributed by atoms with Crippen molar-refractivity contribution in [2.75, 3.05) is 19.0 Å². The first-order valence-corrected chi connectivity index (χ1v) is 10.2. The molecule has 1 unspecified atom stereocenters. The SMILES string of the molecule is COc1ccc(CNc2cc(C(O)CNC(C)(C)C)ccc2OC(=O)C(C)C)cc1. The molecule has 0 aromatic heterocycles. The molecule has 0 saturated heterocycles. The van der Waals surface area contributed by atoms with E-state index in [0.717, 1.165) is 16.9 Å². The Bertz CT molecular complexity index is 826. The predicted molar refractivity (Wildman–Crippen MR) is 120 cm³/mol. The molecule has 2 aromatic rings. The first-order chi connectivity index (χ1) is 14.1. The average Bonchev–Trinajstić information content (AvgIpc) is 2.70. The number of aliphatic hydroxyl groups excluding tert-OH is 1. The van der Waals surface area contributed by atoms with Crippen molar-refractivity contribution in [3.63, 3.8) is 0 Å². The van der Waals surface area contributed by atoms with Gasteiger partial charge in [-0.15, -0.1) is 0 Å². The first kappa shape index (κ1) is 23.7. The quantitative estimate of drug-likeness (QED) is 0.420. The predicted octanol–water partition coefficient (Wildman–Crippen LogP) is 4.29. The van der Waals surface area contributed by atoms with E-state index in [2.05, 4.69) is 31.4 Å². The molecule has 0 radical (unpaired) electrons. The number of β-amino-alcohol motifs (C(OH)–C–C–N with tert-alkyl or cyclic N) is 1. The van der Waals surface area contributed by atoms with Crippen molar-refractivity contribution in [1.82, 2.24) is 5.32 Å². The Morgan fingerprint density at radius 3 is 2.33 bits per heavy atom. The summed E-state index contributed by atoms with van der Waals surface area (Å²) in [5.74, 6) is 0.703. The third kappa shape index (κ3) is 7.35. The largest absolute Gasteiger partial charge is 0.497 e. The number of hydrogen-bond donors (Lipinski definition) is 3. The third-order valence-electron chi connectivity index (χ3n) is 4.54. The fourth-order valence-corrected chi connectivity index (χ4v) is 2.67. The van der Waals surface area contributed by atoms with E-state index in [9.17, 15) is 9.90 Å². The van der Waals surface area contributed by atoms with Crippen LogP contribution in [0, 0.1) is 5.92 Å². The van der Waals surface area contributed by atoms with Crippen LogP contribution in [0.2, 0.25) is 0 Å². The molecule has 6 nitrogen and oxygen atoms in total. The lowest BCUT2D eigenvalue weighted by Gasteiger charge is -2.23. The highest BCUT2D eigenvalue weighted by Crippen LogP contribution is 2.30. The zero-order chi connectivity index (χ0) is 22.3. The maximum Gasteiger partial charge on any atom is 0.313 e. The maximum absolute atomic E-state index is 12.1. The van der Waals surface area contributed by atoms with E-state index in [1.54, 1.807) is 33.1 Å². The summed E-state index contributed by atoms with van der Waals surface area (Å²) in [6.45, 7) is 10.7. The van der Waals surface area contributed by atoms with E-state index in [-0.39, 0.29) is 17.4 Å². The van der Waals surface area contributed by atoms with Crippen molar-refractivity contribution in [2.24, 2.45) is 5.92 Å². The van der Waals surface area contributed by atoms with Gasteiger partial charge in [-0.2, -0.15) is 0 Å². The standard InChI is InChI=1S/C24H34N2O4/c1-16(2)23(28)30-22-12-9-18(21(27)15-26-24(3,4)5)13-20(22)25-14-17-7-10-19(29-6)11-8-17/h7-13,16,21,25-27H,14-15H2,1-6H3. The lowest BCUT2D eigenvalue weighted by atomic mass is 10.0. The highest BCUT2D eigenvalue weighted by molar-refractivity contribution is 5.76. The van der Waals surface area contributed by atoms with E-state index in [1.807, 2.05) is 30.3 Å². The number of carbonyl (C=O) groups excluding carboxylic acids is 1. The van der Waals surface area contributed by atoms with E-state index < -0.39 is 6.10 Å². The van der Waals surface area contributed by atoms with E-state index in [4.69, 9.17) is 9.47 Å². The van der Waals surface area contributed by atoms with E-state index in [0.29, 0.717) is 24.5 Å². The average molecular weight is 415 g/mol. The number of carbonyl (C=O) groups is 1. The van der Waals surface area contributed by atoms with Crippen LogP contribution in [0.25, 0.3) is 0 Å². The maximum atomic E-state index is 12.1. The Morgan fingerprint density at radius 2 is 1.77 bits per heavy atom. The number of anilines is 1. The summed E-state index contributed by atoms with van der Waals surface area (Å²) in [5, 5.41) is 17.2. The van der Waals surface area contributed by atoms with Gasteiger partial charge in [-0.05, 0) is 56.2 Å². The van der Waals surface area contributed by atoms with Gasteiger partial charge in [-0.3, -0.25) is 4.79 Å². The van der Waals surface area contributed by atoms with Gasteiger partial charge in [-0.25, -0.2) is 0 Å². The smallest absolute Gasteiger partial charge is 0.313 e.